The highest BCUT2D eigenvalue weighted by Gasteiger charge is 2.19. The van der Waals surface area contributed by atoms with E-state index in [4.69, 9.17) is 16.3 Å². The monoisotopic (exact) mass is 510 g/mol. The van der Waals surface area contributed by atoms with Gasteiger partial charge in [-0.05, 0) is 34.0 Å². The molecule has 3 rings (SSSR count). The van der Waals surface area contributed by atoms with Crippen molar-refractivity contribution < 1.29 is 14.3 Å². The molecule has 166 valence electrons. The first-order valence-electron chi connectivity index (χ1n) is 9.75. The van der Waals surface area contributed by atoms with E-state index in [9.17, 15) is 4.79 Å². The lowest BCUT2D eigenvalue weighted by Gasteiger charge is -2.13. The summed E-state index contributed by atoms with van der Waals surface area (Å²) in [6.07, 6.45) is 1.35. The van der Waals surface area contributed by atoms with Gasteiger partial charge in [-0.15, -0.1) is 11.6 Å². The van der Waals surface area contributed by atoms with Gasteiger partial charge in [-0.3, -0.25) is 10.00 Å². The number of aromatic nitrogens is 4. The SMILES string of the molecule is CCCCNc1nc(NC(=O)OC)nc2c(Br)nn(Cc3ccc(CCl)cc3OC)c12. The van der Waals surface area contributed by atoms with Crippen molar-refractivity contribution in [1.82, 2.24) is 19.7 Å². The molecular weight excluding hydrogens is 488 g/mol. The molecule has 0 aliphatic rings. The first-order valence-corrected chi connectivity index (χ1v) is 11.1. The van der Waals surface area contributed by atoms with Crippen molar-refractivity contribution in [2.45, 2.75) is 32.2 Å². The molecule has 3 aromatic rings. The molecule has 0 bridgehead atoms. The standard InChI is InChI=1S/C20H24BrClN6O3/c1-4-5-8-23-18-16-15(24-19(25-18)26-20(29)31-3)17(21)27-28(16)11-13-7-6-12(10-22)9-14(13)30-2/h6-7,9H,4-5,8,10-11H2,1-3H3,(H2,23,24,25,26,29). The normalized spacial score (nSPS) is 10.9. The zero-order valence-electron chi connectivity index (χ0n) is 17.5. The second kappa shape index (κ2) is 10.6. The fourth-order valence-electron chi connectivity index (χ4n) is 3.03. The fraction of sp³-hybridized carbons (Fsp3) is 0.400. The number of rotatable bonds is 9. The molecule has 2 aromatic heterocycles. The molecule has 0 atom stereocenters. The summed E-state index contributed by atoms with van der Waals surface area (Å²) in [5, 5.41) is 10.4. The molecule has 0 saturated carbocycles. The molecule has 0 aliphatic carbocycles. The van der Waals surface area contributed by atoms with Crippen LogP contribution in [-0.4, -0.2) is 46.6 Å². The van der Waals surface area contributed by atoms with E-state index in [-0.39, 0.29) is 5.95 Å². The molecular formula is C20H24BrClN6O3. The van der Waals surface area contributed by atoms with Gasteiger partial charge in [-0.25, -0.2) is 9.78 Å². The first kappa shape index (κ1) is 23.1. The van der Waals surface area contributed by atoms with Crippen molar-refractivity contribution in [2.24, 2.45) is 0 Å². The molecule has 2 N–H and O–H groups in total. The summed E-state index contributed by atoms with van der Waals surface area (Å²) >= 11 is 9.43. The molecule has 9 nitrogen and oxygen atoms in total. The van der Waals surface area contributed by atoms with Gasteiger partial charge < -0.3 is 14.8 Å². The van der Waals surface area contributed by atoms with E-state index < -0.39 is 6.09 Å². The van der Waals surface area contributed by atoms with Gasteiger partial charge in [0.05, 0.1) is 20.8 Å². The number of nitrogens with zero attached hydrogens (tertiary/aromatic N) is 4. The molecule has 1 amide bonds. The Hall–Kier alpha value is -2.59. The maximum Gasteiger partial charge on any atom is 0.413 e. The van der Waals surface area contributed by atoms with Crippen molar-refractivity contribution in [3.8, 4) is 5.75 Å². The average molecular weight is 512 g/mol. The lowest BCUT2D eigenvalue weighted by molar-refractivity contribution is 0.186. The van der Waals surface area contributed by atoms with Crippen LogP contribution in [0.3, 0.4) is 0 Å². The second-order valence-electron chi connectivity index (χ2n) is 6.72. The van der Waals surface area contributed by atoms with E-state index in [0.717, 1.165) is 36.3 Å². The Morgan fingerprint density at radius 1 is 1.29 bits per heavy atom. The highest BCUT2D eigenvalue weighted by molar-refractivity contribution is 9.10. The predicted molar refractivity (Wildman–Crippen MR) is 124 cm³/mol. The largest absolute Gasteiger partial charge is 0.496 e. The van der Waals surface area contributed by atoms with E-state index in [1.165, 1.54) is 7.11 Å². The molecule has 0 spiro atoms. The Morgan fingerprint density at radius 2 is 2.10 bits per heavy atom. The van der Waals surface area contributed by atoms with Crippen molar-refractivity contribution in [3.63, 3.8) is 0 Å². The molecule has 0 unspecified atom stereocenters. The molecule has 0 fully saturated rings. The number of amides is 1. The van der Waals surface area contributed by atoms with Gasteiger partial charge >= 0.3 is 6.09 Å². The van der Waals surface area contributed by atoms with Gasteiger partial charge in [0.1, 0.15) is 16.8 Å². The zero-order valence-corrected chi connectivity index (χ0v) is 19.9. The van der Waals surface area contributed by atoms with E-state index >= 15 is 0 Å². The molecule has 1 aromatic carbocycles. The summed E-state index contributed by atoms with van der Waals surface area (Å²) in [7, 11) is 2.91. The summed E-state index contributed by atoms with van der Waals surface area (Å²) in [6, 6.07) is 5.84. The number of anilines is 2. The number of hydrogen-bond acceptors (Lipinski definition) is 7. The third kappa shape index (κ3) is 5.37. The summed E-state index contributed by atoms with van der Waals surface area (Å²) in [5.74, 6) is 1.83. The number of ether oxygens (including phenoxy) is 2. The summed E-state index contributed by atoms with van der Waals surface area (Å²) in [6.45, 7) is 3.26. The second-order valence-corrected chi connectivity index (χ2v) is 7.74. The van der Waals surface area contributed by atoms with Crippen molar-refractivity contribution in [1.29, 1.82) is 0 Å². The third-order valence-electron chi connectivity index (χ3n) is 4.59. The van der Waals surface area contributed by atoms with Crippen LogP contribution in [0.2, 0.25) is 0 Å². The van der Waals surface area contributed by atoms with Crippen molar-refractivity contribution in [2.75, 3.05) is 31.4 Å². The van der Waals surface area contributed by atoms with Crippen LogP contribution in [0.4, 0.5) is 16.6 Å². The highest BCUT2D eigenvalue weighted by atomic mass is 79.9. The summed E-state index contributed by atoms with van der Waals surface area (Å²) < 4.78 is 12.5. The Labute approximate surface area is 193 Å². The van der Waals surface area contributed by atoms with E-state index in [1.54, 1.807) is 11.8 Å². The van der Waals surface area contributed by atoms with E-state index in [1.807, 2.05) is 18.2 Å². The number of hydrogen-bond donors (Lipinski definition) is 2. The van der Waals surface area contributed by atoms with Gasteiger partial charge in [0.15, 0.2) is 10.4 Å². The van der Waals surface area contributed by atoms with Crippen LogP contribution >= 0.6 is 27.5 Å². The minimum Gasteiger partial charge on any atom is -0.496 e. The number of fused-ring (bicyclic) bond motifs is 1. The number of benzene rings is 1. The Balaban J connectivity index is 2.06. The molecule has 0 aliphatic heterocycles. The van der Waals surface area contributed by atoms with Crippen LogP contribution < -0.4 is 15.4 Å². The van der Waals surface area contributed by atoms with Crippen LogP contribution in [-0.2, 0) is 17.2 Å². The number of methoxy groups -OCH3 is 2. The third-order valence-corrected chi connectivity index (χ3v) is 5.44. The summed E-state index contributed by atoms with van der Waals surface area (Å²) in [4.78, 5) is 20.6. The van der Waals surface area contributed by atoms with Gasteiger partial charge in [-0.1, -0.05) is 25.5 Å². The maximum absolute atomic E-state index is 11.7. The quantitative estimate of drug-likeness (QED) is 0.315. The van der Waals surface area contributed by atoms with Crippen molar-refractivity contribution in [3.05, 3.63) is 33.9 Å². The van der Waals surface area contributed by atoms with Gasteiger partial charge in [0.25, 0.3) is 0 Å². The maximum atomic E-state index is 11.7. The predicted octanol–water partition coefficient (Wildman–Crippen LogP) is 4.77. The van der Waals surface area contributed by atoms with Crippen LogP contribution in [0.25, 0.3) is 11.0 Å². The van der Waals surface area contributed by atoms with Gasteiger partial charge in [0.2, 0.25) is 5.95 Å². The average Bonchev–Trinajstić information content (AvgIpc) is 3.09. The Kier molecular flexibility index (Phi) is 7.91. The molecule has 31 heavy (non-hydrogen) atoms. The van der Waals surface area contributed by atoms with Crippen molar-refractivity contribution >= 4 is 56.4 Å². The zero-order chi connectivity index (χ0) is 22.4. The van der Waals surface area contributed by atoms with Crippen LogP contribution in [0.5, 0.6) is 5.75 Å². The smallest absolute Gasteiger partial charge is 0.413 e. The van der Waals surface area contributed by atoms with E-state index in [2.05, 4.69) is 53.3 Å². The minimum absolute atomic E-state index is 0.127. The van der Waals surface area contributed by atoms with Gasteiger partial charge in [0, 0.05) is 18.0 Å². The molecule has 11 heteroatoms. The number of alkyl halides is 1. The number of nitrogens with one attached hydrogen (secondary N) is 2. The Morgan fingerprint density at radius 3 is 2.77 bits per heavy atom. The molecule has 0 saturated heterocycles. The van der Waals surface area contributed by atoms with E-state index in [0.29, 0.717) is 33.9 Å². The Bertz CT molecular complexity index is 1070. The first-order chi connectivity index (χ1) is 15.0. The van der Waals surface area contributed by atoms with Crippen LogP contribution in [0.1, 0.15) is 30.9 Å². The lowest BCUT2D eigenvalue weighted by atomic mass is 10.1. The van der Waals surface area contributed by atoms with Crippen LogP contribution in [0.15, 0.2) is 22.8 Å². The molecule has 0 radical (unpaired) electrons. The number of carbonyl (C=O) groups excluding carboxylic acids is 1. The number of unbranched alkanes of at least 4 members (excludes halogenated alkanes) is 1. The fourth-order valence-corrected chi connectivity index (χ4v) is 3.66. The van der Waals surface area contributed by atoms with Gasteiger partial charge in [-0.2, -0.15) is 10.1 Å². The number of halogens is 2. The van der Waals surface area contributed by atoms with Crippen LogP contribution in [0, 0.1) is 0 Å². The topological polar surface area (TPSA) is 103 Å². The molecule has 2 heterocycles. The minimum atomic E-state index is -0.647. The summed E-state index contributed by atoms with van der Waals surface area (Å²) in [5.41, 5.74) is 3.18. The number of carbonyl (C=O) groups is 1. The highest BCUT2D eigenvalue weighted by Crippen LogP contribution is 2.30. The lowest BCUT2D eigenvalue weighted by Crippen LogP contribution is -2.15.